The molecule has 6 nitrogen and oxygen atoms in total. The third kappa shape index (κ3) is 2.06. The molecule has 1 saturated carbocycles. The Hall–Kier alpha value is -1.26. The summed E-state index contributed by atoms with van der Waals surface area (Å²) >= 11 is 0. The van der Waals surface area contributed by atoms with E-state index in [1.54, 1.807) is 6.92 Å². The van der Waals surface area contributed by atoms with Crippen LogP contribution in [0.1, 0.15) is 26.2 Å². The van der Waals surface area contributed by atoms with Gasteiger partial charge in [0, 0.05) is 4.91 Å². The van der Waals surface area contributed by atoms with Crippen molar-refractivity contribution in [3.05, 3.63) is 10.4 Å². The summed E-state index contributed by atoms with van der Waals surface area (Å²) in [5, 5.41) is 13.5. The zero-order valence-corrected chi connectivity index (χ0v) is 8.88. The second-order valence-electron chi connectivity index (χ2n) is 4.02. The summed E-state index contributed by atoms with van der Waals surface area (Å²) in [6, 6.07) is -0.534. The lowest BCUT2D eigenvalue weighted by atomic mass is 9.71. The minimum atomic E-state index is -0.963. The first-order valence-electron chi connectivity index (χ1n) is 4.87. The van der Waals surface area contributed by atoms with Crippen LogP contribution in [-0.2, 0) is 9.53 Å². The first-order valence-corrected chi connectivity index (χ1v) is 4.87. The minimum absolute atomic E-state index is 0.451. The van der Waals surface area contributed by atoms with Crippen molar-refractivity contribution < 1.29 is 14.6 Å². The van der Waals surface area contributed by atoms with E-state index in [1.165, 1.54) is 7.11 Å². The zero-order valence-electron chi connectivity index (χ0n) is 8.88. The van der Waals surface area contributed by atoms with Gasteiger partial charge in [-0.05, 0) is 25.3 Å². The molecule has 0 saturated heterocycles. The van der Waals surface area contributed by atoms with Gasteiger partial charge in [0.25, 0.3) is 0 Å². The van der Waals surface area contributed by atoms with E-state index in [2.05, 4.69) is 14.8 Å². The third-order valence-corrected chi connectivity index (χ3v) is 3.06. The van der Waals surface area contributed by atoms with Gasteiger partial charge in [-0.3, -0.25) is 4.79 Å². The average Bonchev–Trinajstić information content (AvgIpc) is 2.24. The molecule has 0 aromatic heterocycles. The van der Waals surface area contributed by atoms with Crippen LogP contribution in [-0.4, -0.2) is 30.3 Å². The molecule has 1 aliphatic carbocycles. The van der Waals surface area contributed by atoms with Crippen LogP contribution in [0.4, 0.5) is 0 Å². The van der Waals surface area contributed by atoms with Gasteiger partial charge in [-0.25, -0.2) is 0 Å². The van der Waals surface area contributed by atoms with Crippen LogP contribution >= 0.6 is 0 Å². The molecule has 0 radical (unpaired) electrons. The molecule has 6 heteroatoms. The second-order valence-corrected chi connectivity index (χ2v) is 4.02. The van der Waals surface area contributed by atoms with E-state index >= 15 is 0 Å². The number of ether oxygens (including phenoxy) is 1. The summed E-state index contributed by atoms with van der Waals surface area (Å²) in [5.74, 6) is -0.451. The Bertz CT molecular complexity index is 301. The number of azide groups is 1. The van der Waals surface area contributed by atoms with Gasteiger partial charge in [0.15, 0.2) is 0 Å². The summed E-state index contributed by atoms with van der Waals surface area (Å²) in [6.07, 6.45) is 0.942. The quantitative estimate of drug-likeness (QED) is 0.325. The van der Waals surface area contributed by atoms with Gasteiger partial charge in [0.2, 0.25) is 0 Å². The first-order chi connectivity index (χ1) is 7.06. The van der Waals surface area contributed by atoms with E-state index in [4.69, 9.17) is 5.53 Å². The topological polar surface area (TPSA) is 95.3 Å². The number of hydrogen-bond acceptors (Lipinski definition) is 4. The number of aliphatic hydroxyl groups excluding tert-OH is 1. The Balaban J connectivity index is 2.90. The molecule has 0 aliphatic heterocycles. The first kappa shape index (κ1) is 11.8. The van der Waals surface area contributed by atoms with Gasteiger partial charge in [-0.1, -0.05) is 11.5 Å². The zero-order chi connectivity index (χ0) is 11.5. The van der Waals surface area contributed by atoms with Crippen molar-refractivity contribution >= 4 is 5.97 Å². The highest BCUT2D eigenvalue weighted by Gasteiger charge is 2.47. The lowest BCUT2D eigenvalue weighted by molar-refractivity contribution is -0.163. The molecule has 1 rings (SSSR count). The van der Waals surface area contributed by atoms with Crippen molar-refractivity contribution in [1.82, 2.24) is 0 Å². The predicted molar refractivity (Wildman–Crippen MR) is 52.9 cm³/mol. The number of rotatable bonds is 2. The fourth-order valence-corrected chi connectivity index (χ4v) is 2.05. The second kappa shape index (κ2) is 4.51. The van der Waals surface area contributed by atoms with Gasteiger partial charge in [0.05, 0.1) is 24.7 Å². The van der Waals surface area contributed by atoms with Crippen molar-refractivity contribution in [2.45, 2.75) is 38.3 Å². The van der Waals surface area contributed by atoms with Gasteiger partial charge in [-0.15, -0.1) is 0 Å². The van der Waals surface area contributed by atoms with E-state index in [0.717, 1.165) is 6.42 Å². The number of carbonyl (C=O) groups is 1. The van der Waals surface area contributed by atoms with Gasteiger partial charge >= 0.3 is 5.97 Å². The molecule has 0 aromatic rings. The van der Waals surface area contributed by atoms with Crippen LogP contribution in [0.15, 0.2) is 5.11 Å². The maximum atomic E-state index is 11.5. The Labute approximate surface area is 87.9 Å². The SMILES string of the molecule is COC(=O)[C@@]1(C)CCC[C@H](N=[N+]=[N-])[C@H]1O. The number of nitrogens with zero attached hydrogens (tertiary/aromatic N) is 3. The molecule has 15 heavy (non-hydrogen) atoms. The smallest absolute Gasteiger partial charge is 0.314 e. The number of aliphatic hydroxyl groups is 1. The normalized spacial score (nSPS) is 35.4. The summed E-state index contributed by atoms with van der Waals surface area (Å²) in [7, 11) is 1.29. The molecular weight excluding hydrogens is 198 g/mol. The third-order valence-electron chi connectivity index (χ3n) is 3.06. The largest absolute Gasteiger partial charge is 0.469 e. The van der Waals surface area contributed by atoms with Crippen LogP contribution in [0.3, 0.4) is 0 Å². The Morgan fingerprint density at radius 1 is 1.73 bits per heavy atom. The molecule has 0 unspecified atom stereocenters. The number of carbonyl (C=O) groups excluding carboxylic acids is 1. The van der Waals surface area contributed by atoms with Gasteiger partial charge in [-0.2, -0.15) is 0 Å². The molecule has 0 amide bonds. The molecular formula is C9H15N3O3. The molecule has 84 valence electrons. The Kier molecular flexibility index (Phi) is 3.55. The van der Waals surface area contributed by atoms with E-state index in [0.29, 0.717) is 12.8 Å². The standard InChI is InChI=1S/C9H15N3O3/c1-9(8(14)15-2)5-3-4-6(7(9)13)11-12-10/h6-7,13H,3-5H2,1-2H3/t6-,7+,9-/m0/s1. The molecule has 0 heterocycles. The number of esters is 1. The summed E-state index contributed by atoms with van der Waals surface area (Å²) < 4.78 is 4.66. The highest BCUT2D eigenvalue weighted by molar-refractivity contribution is 5.77. The van der Waals surface area contributed by atoms with E-state index in [-0.39, 0.29) is 0 Å². The Morgan fingerprint density at radius 2 is 2.40 bits per heavy atom. The van der Waals surface area contributed by atoms with Crippen LogP contribution in [0.2, 0.25) is 0 Å². The molecule has 1 fully saturated rings. The monoisotopic (exact) mass is 213 g/mol. The number of methoxy groups -OCH3 is 1. The molecule has 3 atom stereocenters. The van der Waals surface area contributed by atoms with Crippen molar-refractivity contribution in [1.29, 1.82) is 0 Å². The average molecular weight is 213 g/mol. The molecule has 0 aromatic carbocycles. The van der Waals surface area contributed by atoms with Gasteiger partial charge < -0.3 is 9.84 Å². The van der Waals surface area contributed by atoms with E-state index < -0.39 is 23.5 Å². The summed E-state index contributed by atoms with van der Waals surface area (Å²) in [5.41, 5.74) is 7.38. The molecule has 0 bridgehead atoms. The highest BCUT2D eigenvalue weighted by Crippen LogP contribution is 2.38. The highest BCUT2D eigenvalue weighted by atomic mass is 16.5. The van der Waals surface area contributed by atoms with Gasteiger partial charge in [0.1, 0.15) is 0 Å². The van der Waals surface area contributed by atoms with E-state index in [9.17, 15) is 9.90 Å². The molecule has 0 spiro atoms. The van der Waals surface area contributed by atoms with E-state index in [1.807, 2.05) is 0 Å². The molecule has 1 N–H and O–H groups in total. The maximum absolute atomic E-state index is 11.5. The predicted octanol–water partition coefficient (Wildman–Crippen LogP) is 1.39. The molecule has 1 aliphatic rings. The maximum Gasteiger partial charge on any atom is 0.314 e. The van der Waals surface area contributed by atoms with Crippen LogP contribution < -0.4 is 0 Å². The minimum Gasteiger partial charge on any atom is -0.469 e. The lowest BCUT2D eigenvalue weighted by Gasteiger charge is -2.38. The van der Waals surface area contributed by atoms with Crippen LogP contribution in [0.5, 0.6) is 0 Å². The number of hydrogen-bond donors (Lipinski definition) is 1. The Morgan fingerprint density at radius 3 is 2.93 bits per heavy atom. The van der Waals surface area contributed by atoms with Crippen LogP contribution in [0, 0.1) is 5.41 Å². The van der Waals surface area contributed by atoms with Crippen molar-refractivity contribution in [3.8, 4) is 0 Å². The van der Waals surface area contributed by atoms with Crippen LogP contribution in [0.25, 0.3) is 10.4 Å². The van der Waals surface area contributed by atoms with Crippen molar-refractivity contribution in [2.24, 2.45) is 10.5 Å². The van der Waals surface area contributed by atoms with Crippen molar-refractivity contribution in [2.75, 3.05) is 7.11 Å². The summed E-state index contributed by atoms with van der Waals surface area (Å²) in [6.45, 7) is 1.64. The lowest BCUT2D eigenvalue weighted by Crippen LogP contribution is -2.49. The fourth-order valence-electron chi connectivity index (χ4n) is 2.05. The fraction of sp³-hybridized carbons (Fsp3) is 0.889. The summed E-state index contributed by atoms with van der Waals surface area (Å²) in [4.78, 5) is 14.2. The van der Waals surface area contributed by atoms with Crippen molar-refractivity contribution in [3.63, 3.8) is 0 Å².